The van der Waals surface area contributed by atoms with Crippen molar-refractivity contribution >= 4 is 17.7 Å². The monoisotopic (exact) mass is 153 g/mol. The lowest BCUT2D eigenvalue weighted by atomic mass is 10.4. The highest BCUT2D eigenvalue weighted by Crippen LogP contribution is 1.85. The number of halogens is 1. The Kier molecular flexibility index (Phi) is 4.17. The minimum absolute atomic E-state index is 0.0861. The molecule has 0 aliphatic heterocycles. The Balaban J connectivity index is 3.43. The van der Waals surface area contributed by atoms with Crippen LogP contribution in [0.25, 0.3) is 0 Å². The van der Waals surface area contributed by atoms with Gasteiger partial charge < -0.3 is 15.5 Å². The SMILES string of the molecule is O=C(O)N[C@@H](CO)CCl. The fraction of sp³-hybridized carbons (Fsp3) is 0.750. The predicted octanol–water partition coefficient (Wildman–Crippen LogP) is -0.146. The third-order valence-corrected chi connectivity index (χ3v) is 1.11. The molecule has 0 saturated heterocycles. The molecule has 0 saturated carbocycles. The number of rotatable bonds is 3. The lowest BCUT2D eigenvalue weighted by Gasteiger charge is -2.08. The highest BCUT2D eigenvalue weighted by atomic mass is 35.5. The maximum Gasteiger partial charge on any atom is 0.404 e. The van der Waals surface area contributed by atoms with E-state index in [0.29, 0.717) is 0 Å². The van der Waals surface area contributed by atoms with Crippen molar-refractivity contribution in [2.45, 2.75) is 6.04 Å². The number of hydrogen-bond acceptors (Lipinski definition) is 2. The minimum atomic E-state index is -1.17. The molecule has 0 fully saturated rings. The quantitative estimate of drug-likeness (QED) is 0.494. The van der Waals surface area contributed by atoms with Crippen LogP contribution in [0.3, 0.4) is 0 Å². The van der Waals surface area contributed by atoms with E-state index in [-0.39, 0.29) is 12.5 Å². The van der Waals surface area contributed by atoms with Crippen LogP contribution in [0.5, 0.6) is 0 Å². The summed E-state index contributed by atoms with van der Waals surface area (Å²) in [6, 6.07) is -0.552. The minimum Gasteiger partial charge on any atom is -0.465 e. The van der Waals surface area contributed by atoms with Gasteiger partial charge in [-0.3, -0.25) is 0 Å². The van der Waals surface area contributed by atoms with Crippen molar-refractivity contribution in [1.29, 1.82) is 0 Å². The van der Waals surface area contributed by atoms with Crippen molar-refractivity contribution in [2.24, 2.45) is 0 Å². The molecule has 0 aromatic heterocycles. The molecule has 0 radical (unpaired) electrons. The molecule has 0 aromatic carbocycles. The first-order valence-electron chi connectivity index (χ1n) is 2.37. The normalized spacial score (nSPS) is 12.7. The molecule has 0 aliphatic carbocycles. The molecule has 0 aliphatic rings. The van der Waals surface area contributed by atoms with E-state index < -0.39 is 12.1 Å². The number of aliphatic hydroxyl groups is 1. The van der Waals surface area contributed by atoms with Gasteiger partial charge in [-0.25, -0.2) is 4.79 Å². The zero-order valence-electron chi connectivity index (χ0n) is 4.67. The number of hydrogen-bond donors (Lipinski definition) is 3. The van der Waals surface area contributed by atoms with E-state index in [0.717, 1.165) is 0 Å². The maximum atomic E-state index is 9.85. The Morgan fingerprint density at radius 1 is 1.78 bits per heavy atom. The van der Waals surface area contributed by atoms with Crippen LogP contribution < -0.4 is 5.32 Å². The maximum absolute atomic E-state index is 9.85. The molecule has 1 amide bonds. The highest BCUT2D eigenvalue weighted by molar-refractivity contribution is 6.18. The molecule has 9 heavy (non-hydrogen) atoms. The van der Waals surface area contributed by atoms with E-state index in [1.165, 1.54) is 0 Å². The van der Waals surface area contributed by atoms with Gasteiger partial charge in [0.05, 0.1) is 12.6 Å². The van der Waals surface area contributed by atoms with Crippen LogP contribution in [0.1, 0.15) is 0 Å². The van der Waals surface area contributed by atoms with Crippen LogP contribution in [0.15, 0.2) is 0 Å². The molecular formula is C4H8ClNO3. The van der Waals surface area contributed by atoms with Crippen LogP contribution in [0, 0.1) is 0 Å². The van der Waals surface area contributed by atoms with Crippen molar-refractivity contribution in [2.75, 3.05) is 12.5 Å². The number of nitrogens with one attached hydrogen (secondary N) is 1. The number of alkyl halides is 1. The zero-order valence-corrected chi connectivity index (χ0v) is 5.43. The van der Waals surface area contributed by atoms with Crippen LogP contribution in [-0.2, 0) is 0 Å². The van der Waals surface area contributed by atoms with Crippen molar-refractivity contribution < 1.29 is 15.0 Å². The van der Waals surface area contributed by atoms with Gasteiger partial charge in [0.15, 0.2) is 0 Å². The molecular weight excluding hydrogens is 146 g/mol. The fourth-order valence-corrected chi connectivity index (χ4v) is 0.482. The standard InChI is InChI=1S/C4H8ClNO3/c5-1-3(2-7)6-4(8)9/h3,6-7H,1-2H2,(H,8,9)/t3-/m1/s1. The lowest BCUT2D eigenvalue weighted by Crippen LogP contribution is -2.37. The Hall–Kier alpha value is -0.480. The number of amides is 1. The topological polar surface area (TPSA) is 69.6 Å². The highest BCUT2D eigenvalue weighted by Gasteiger charge is 2.06. The lowest BCUT2D eigenvalue weighted by molar-refractivity contribution is 0.180. The summed E-state index contributed by atoms with van der Waals surface area (Å²) in [6.45, 7) is -0.268. The summed E-state index contributed by atoms with van der Waals surface area (Å²) in [6.07, 6.45) is -1.17. The molecule has 4 nitrogen and oxygen atoms in total. The van der Waals surface area contributed by atoms with Gasteiger partial charge in [-0.1, -0.05) is 0 Å². The first kappa shape index (κ1) is 8.52. The molecule has 0 aromatic rings. The van der Waals surface area contributed by atoms with E-state index in [1.54, 1.807) is 0 Å². The average molecular weight is 154 g/mol. The van der Waals surface area contributed by atoms with Crippen molar-refractivity contribution in [3.05, 3.63) is 0 Å². The predicted molar refractivity (Wildman–Crippen MR) is 32.8 cm³/mol. The molecule has 3 N–H and O–H groups in total. The molecule has 54 valence electrons. The van der Waals surface area contributed by atoms with Crippen LogP contribution in [0.4, 0.5) is 4.79 Å². The molecule has 0 heterocycles. The fourth-order valence-electron chi connectivity index (χ4n) is 0.308. The van der Waals surface area contributed by atoms with E-state index in [1.807, 2.05) is 5.32 Å². The molecule has 0 bridgehead atoms. The Labute approximate surface area is 57.4 Å². The summed E-state index contributed by atoms with van der Waals surface area (Å²) in [5, 5.41) is 18.4. The van der Waals surface area contributed by atoms with E-state index in [2.05, 4.69) is 0 Å². The van der Waals surface area contributed by atoms with Gasteiger partial charge in [0.1, 0.15) is 0 Å². The van der Waals surface area contributed by atoms with Gasteiger partial charge in [0.2, 0.25) is 0 Å². The smallest absolute Gasteiger partial charge is 0.404 e. The third-order valence-electron chi connectivity index (χ3n) is 0.734. The largest absolute Gasteiger partial charge is 0.465 e. The summed E-state index contributed by atoms with van der Waals surface area (Å²) in [5.74, 6) is 0.0861. The van der Waals surface area contributed by atoms with E-state index >= 15 is 0 Å². The Bertz CT molecular complexity index is 93.8. The Morgan fingerprint density at radius 3 is 2.44 bits per heavy atom. The van der Waals surface area contributed by atoms with Gasteiger partial charge >= 0.3 is 6.09 Å². The second-order valence-electron chi connectivity index (χ2n) is 1.48. The first-order chi connectivity index (χ1) is 4.20. The number of carbonyl (C=O) groups is 1. The van der Waals surface area contributed by atoms with Gasteiger partial charge in [-0.05, 0) is 0 Å². The van der Waals surface area contributed by atoms with Crippen molar-refractivity contribution in [3.63, 3.8) is 0 Å². The van der Waals surface area contributed by atoms with Crippen molar-refractivity contribution in [3.8, 4) is 0 Å². The average Bonchev–Trinajstić information content (AvgIpc) is 1.82. The molecule has 0 spiro atoms. The summed E-state index contributed by atoms with van der Waals surface area (Å²) in [7, 11) is 0. The van der Waals surface area contributed by atoms with Crippen LogP contribution in [-0.4, -0.2) is 34.8 Å². The molecule has 0 unspecified atom stereocenters. The van der Waals surface area contributed by atoms with Gasteiger partial charge in [0, 0.05) is 5.88 Å². The third kappa shape index (κ3) is 4.05. The Morgan fingerprint density at radius 2 is 2.33 bits per heavy atom. The van der Waals surface area contributed by atoms with Gasteiger partial charge in [-0.2, -0.15) is 0 Å². The summed E-state index contributed by atoms with van der Waals surface area (Å²) in [5.41, 5.74) is 0. The van der Waals surface area contributed by atoms with E-state index in [4.69, 9.17) is 21.8 Å². The second-order valence-corrected chi connectivity index (χ2v) is 1.79. The van der Waals surface area contributed by atoms with Crippen LogP contribution >= 0.6 is 11.6 Å². The summed E-state index contributed by atoms with van der Waals surface area (Å²) >= 11 is 5.23. The first-order valence-corrected chi connectivity index (χ1v) is 2.90. The number of aliphatic hydroxyl groups excluding tert-OH is 1. The van der Waals surface area contributed by atoms with Crippen molar-refractivity contribution in [1.82, 2.24) is 5.32 Å². The van der Waals surface area contributed by atoms with E-state index in [9.17, 15) is 4.79 Å². The zero-order chi connectivity index (χ0) is 7.28. The summed E-state index contributed by atoms with van der Waals surface area (Å²) < 4.78 is 0. The van der Waals surface area contributed by atoms with Gasteiger partial charge in [0.25, 0.3) is 0 Å². The molecule has 0 rings (SSSR count). The van der Waals surface area contributed by atoms with Crippen LogP contribution in [0.2, 0.25) is 0 Å². The molecule has 5 heteroatoms. The van der Waals surface area contributed by atoms with Gasteiger partial charge in [-0.15, -0.1) is 11.6 Å². The summed E-state index contributed by atoms with van der Waals surface area (Å²) in [4.78, 5) is 9.85. The second kappa shape index (κ2) is 4.40. The number of carboxylic acid groups (broad SMARTS) is 1. The molecule has 1 atom stereocenters.